The Morgan fingerprint density at radius 2 is 1.11 bits per heavy atom. The highest BCUT2D eigenvalue weighted by Crippen LogP contribution is 2.26. The number of carboxylic acids is 1. The van der Waals surface area contributed by atoms with Crippen molar-refractivity contribution in [3.05, 3.63) is 0 Å². The van der Waals surface area contributed by atoms with Crippen molar-refractivity contribution >= 4 is 23.7 Å². The molecule has 3 amide bonds. The van der Waals surface area contributed by atoms with Crippen LogP contribution in [0.4, 0.5) is 0 Å². The van der Waals surface area contributed by atoms with Crippen LogP contribution < -0.4 is 10.6 Å². The molecule has 1 aliphatic rings. The van der Waals surface area contributed by atoms with Gasteiger partial charge in [-0.15, -0.1) is 0 Å². The van der Waals surface area contributed by atoms with Crippen LogP contribution in [0.1, 0.15) is 201 Å². The maximum atomic E-state index is 14.0. The zero-order chi connectivity index (χ0) is 41.6. The molecule has 56 heavy (non-hydrogen) atoms. The zero-order valence-electron chi connectivity index (χ0n) is 35.8. The number of carboxylic acid groups (broad SMARTS) is 1. The van der Waals surface area contributed by atoms with Crippen LogP contribution in [0.25, 0.3) is 0 Å². The number of rotatable bonds is 35. The molecular weight excluding hydrogens is 714 g/mol. The molecule has 0 aromatic carbocycles. The van der Waals surface area contributed by atoms with Crippen molar-refractivity contribution in [1.82, 2.24) is 15.5 Å². The van der Waals surface area contributed by atoms with Gasteiger partial charge in [-0.05, 0) is 25.2 Å². The lowest BCUT2D eigenvalue weighted by Crippen LogP contribution is -2.70. The van der Waals surface area contributed by atoms with Crippen molar-refractivity contribution in [2.24, 2.45) is 5.92 Å². The molecule has 0 aromatic heterocycles. The number of nitrogens with one attached hydrogen (secondary N) is 2. The van der Waals surface area contributed by atoms with E-state index in [9.17, 15) is 34.5 Å². The summed E-state index contributed by atoms with van der Waals surface area (Å²) in [5.41, 5.74) is 0. The standard InChI is InChI=1S/C44H83N3O9/c1-5-7-9-11-13-15-17-19-21-23-25-27-31-47(38(50)28-26-24-22-20-18-16-14-12-10-8-6-2)44-40(42(54)41(53)36(33-48)56-44)46-43(55)35(32-34(3)4)45-37(49)29-30-39(51)52/h34-36,40-42,44,48,53-54H,5-33H2,1-4H3,(H,45,49)(H,46,55)(H,51,52)/t35-,36+,40-,41+,42+,44+/m0/s1. The monoisotopic (exact) mass is 798 g/mol. The van der Waals surface area contributed by atoms with Crippen LogP contribution in [0.5, 0.6) is 0 Å². The lowest BCUT2D eigenvalue weighted by atomic mass is 9.94. The Kier molecular flexibility index (Phi) is 30.2. The Labute approximate surface area is 339 Å². The molecule has 1 rings (SSSR count). The second-order valence-electron chi connectivity index (χ2n) is 16.7. The summed E-state index contributed by atoms with van der Waals surface area (Å²) in [4.78, 5) is 53.0. The van der Waals surface area contributed by atoms with Gasteiger partial charge in [0.05, 0.1) is 13.0 Å². The van der Waals surface area contributed by atoms with E-state index in [2.05, 4.69) is 24.5 Å². The van der Waals surface area contributed by atoms with Crippen molar-refractivity contribution in [2.45, 2.75) is 238 Å². The van der Waals surface area contributed by atoms with Crippen LogP contribution >= 0.6 is 0 Å². The smallest absolute Gasteiger partial charge is 0.303 e. The average molecular weight is 798 g/mol. The molecule has 12 heteroatoms. The van der Waals surface area contributed by atoms with Crippen molar-refractivity contribution < 1.29 is 44.3 Å². The molecule has 1 heterocycles. The second kappa shape index (κ2) is 32.7. The molecule has 0 unspecified atom stereocenters. The van der Waals surface area contributed by atoms with Gasteiger partial charge in [0.15, 0.2) is 6.23 Å². The number of carbonyl (C=O) groups excluding carboxylic acids is 3. The van der Waals surface area contributed by atoms with Crippen molar-refractivity contribution in [2.75, 3.05) is 13.2 Å². The zero-order valence-corrected chi connectivity index (χ0v) is 35.8. The largest absolute Gasteiger partial charge is 0.481 e. The van der Waals surface area contributed by atoms with E-state index in [1.807, 2.05) is 13.8 Å². The summed E-state index contributed by atoms with van der Waals surface area (Å²) in [6.45, 7) is 7.95. The van der Waals surface area contributed by atoms with Crippen LogP contribution in [0.3, 0.4) is 0 Å². The normalized spacial score (nSPS) is 20.2. The van der Waals surface area contributed by atoms with E-state index in [1.165, 1.54) is 96.3 Å². The summed E-state index contributed by atoms with van der Waals surface area (Å²) >= 11 is 0. The summed E-state index contributed by atoms with van der Waals surface area (Å²) in [7, 11) is 0. The molecule has 1 aliphatic heterocycles. The fourth-order valence-electron chi connectivity index (χ4n) is 7.58. The fourth-order valence-corrected chi connectivity index (χ4v) is 7.58. The molecule has 0 radical (unpaired) electrons. The molecule has 12 nitrogen and oxygen atoms in total. The Morgan fingerprint density at radius 3 is 1.55 bits per heavy atom. The predicted octanol–water partition coefficient (Wildman–Crippen LogP) is 7.54. The Hall–Kier alpha value is -2.28. The Morgan fingerprint density at radius 1 is 0.643 bits per heavy atom. The summed E-state index contributed by atoms with van der Waals surface area (Å²) in [6, 6.07) is -2.29. The van der Waals surface area contributed by atoms with Crippen LogP contribution in [0.2, 0.25) is 0 Å². The van der Waals surface area contributed by atoms with Gasteiger partial charge >= 0.3 is 5.97 Å². The van der Waals surface area contributed by atoms with Gasteiger partial charge in [-0.3, -0.25) is 19.2 Å². The maximum absolute atomic E-state index is 14.0. The fraction of sp³-hybridized carbons (Fsp3) is 0.909. The molecule has 0 spiro atoms. The van der Waals surface area contributed by atoms with E-state index < -0.39 is 61.0 Å². The van der Waals surface area contributed by atoms with Gasteiger partial charge in [0.25, 0.3) is 0 Å². The number of aliphatic hydroxyl groups excluding tert-OH is 3. The first kappa shape index (κ1) is 51.7. The lowest BCUT2D eigenvalue weighted by molar-refractivity contribution is -0.231. The van der Waals surface area contributed by atoms with Crippen LogP contribution in [0, 0.1) is 5.92 Å². The van der Waals surface area contributed by atoms with Gasteiger partial charge in [-0.1, -0.05) is 163 Å². The van der Waals surface area contributed by atoms with E-state index in [1.54, 1.807) is 4.90 Å². The molecular formula is C44H83N3O9. The number of aliphatic hydroxyl groups is 3. The highest BCUT2D eigenvalue weighted by atomic mass is 16.5. The van der Waals surface area contributed by atoms with Crippen LogP contribution in [-0.4, -0.2) is 98.8 Å². The molecule has 6 atom stereocenters. The van der Waals surface area contributed by atoms with Gasteiger partial charge in [0, 0.05) is 19.4 Å². The maximum Gasteiger partial charge on any atom is 0.303 e. The first-order chi connectivity index (χ1) is 27.0. The number of amides is 3. The van der Waals surface area contributed by atoms with Gasteiger partial charge in [0.2, 0.25) is 17.7 Å². The number of hydrogen-bond acceptors (Lipinski definition) is 8. The average Bonchev–Trinajstić information content (AvgIpc) is 3.16. The third-order valence-electron chi connectivity index (χ3n) is 11.0. The van der Waals surface area contributed by atoms with Crippen LogP contribution in [-0.2, 0) is 23.9 Å². The van der Waals surface area contributed by atoms with Gasteiger partial charge < -0.3 is 40.7 Å². The quantitative estimate of drug-likeness (QED) is 0.0353. The summed E-state index contributed by atoms with van der Waals surface area (Å²) in [6.07, 6.45) is 20.9. The summed E-state index contributed by atoms with van der Waals surface area (Å²) < 4.78 is 6.16. The van der Waals surface area contributed by atoms with Crippen molar-refractivity contribution in [3.63, 3.8) is 0 Å². The van der Waals surface area contributed by atoms with Crippen molar-refractivity contribution in [3.8, 4) is 0 Å². The second-order valence-corrected chi connectivity index (χ2v) is 16.7. The third-order valence-corrected chi connectivity index (χ3v) is 11.0. The number of hydrogen-bond donors (Lipinski definition) is 6. The molecule has 0 aromatic rings. The molecule has 328 valence electrons. The minimum Gasteiger partial charge on any atom is -0.481 e. The molecule has 0 aliphatic carbocycles. The number of aliphatic carboxylic acids is 1. The van der Waals surface area contributed by atoms with Gasteiger partial charge in [-0.25, -0.2) is 0 Å². The van der Waals surface area contributed by atoms with E-state index in [0.717, 1.165) is 38.5 Å². The number of ether oxygens (including phenoxy) is 1. The number of unbranched alkanes of at least 4 members (excludes halogenated alkanes) is 21. The highest BCUT2D eigenvalue weighted by Gasteiger charge is 2.48. The summed E-state index contributed by atoms with van der Waals surface area (Å²) in [5, 5.41) is 46.8. The van der Waals surface area contributed by atoms with Gasteiger partial charge in [-0.2, -0.15) is 0 Å². The highest BCUT2D eigenvalue weighted by molar-refractivity contribution is 5.89. The van der Waals surface area contributed by atoms with E-state index in [0.29, 0.717) is 19.4 Å². The molecule has 1 saturated heterocycles. The molecule has 0 bridgehead atoms. The minimum absolute atomic E-state index is 0.0205. The number of nitrogens with zero attached hydrogens (tertiary/aromatic N) is 1. The Balaban J connectivity index is 3.03. The van der Waals surface area contributed by atoms with E-state index in [4.69, 9.17) is 9.84 Å². The SMILES string of the molecule is CCCCCCCCCCCCCCN(C(=O)CCCCCCCCCCCCC)[C@@H]1O[C@H](CO)[C@@H](O)[C@H](O)[C@@H]1NC(=O)[C@H](CC(C)C)NC(=O)CCC(=O)O. The Bertz CT molecular complexity index is 1050. The summed E-state index contributed by atoms with van der Waals surface area (Å²) in [5.74, 6) is -2.56. The van der Waals surface area contributed by atoms with Gasteiger partial charge in [0.1, 0.15) is 30.4 Å². The van der Waals surface area contributed by atoms with Crippen molar-refractivity contribution in [1.29, 1.82) is 0 Å². The minimum atomic E-state index is -1.57. The van der Waals surface area contributed by atoms with E-state index in [-0.39, 0.29) is 37.5 Å². The third kappa shape index (κ3) is 23.2. The topological polar surface area (TPSA) is 186 Å². The van der Waals surface area contributed by atoms with Crippen LogP contribution in [0.15, 0.2) is 0 Å². The lowest BCUT2D eigenvalue weighted by Gasteiger charge is -2.47. The molecule has 1 fully saturated rings. The van der Waals surface area contributed by atoms with E-state index >= 15 is 0 Å². The predicted molar refractivity (Wildman–Crippen MR) is 222 cm³/mol. The number of carbonyl (C=O) groups is 4. The first-order valence-electron chi connectivity index (χ1n) is 22.7. The molecule has 6 N–H and O–H groups in total. The molecule has 0 saturated carbocycles. The first-order valence-corrected chi connectivity index (χ1v) is 22.7.